The predicted octanol–water partition coefficient (Wildman–Crippen LogP) is -1.94. The molecule has 0 saturated carbocycles. The summed E-state index contributed by atoms with van der Waals surface area (Å²) in [5.74, 6) is -1.00. The van der Waals surface area contributed by atoms with Gasteiger partial charge < -0.3 is 14.4 Å². The monoisotopic (exact) mass is 192 g/mol. The minimum absolute atomic E-state index is 0. The molecule has 4 heteroatoms. The van der Waals surface area contributed by atoms with Crippen LogP contribution in [0.1, 0.15) is 0 Å². The average molecular weight is 192 g/mol. The van der Waals surface area contributed by atoms with Crippen molar-refractivity contribution in [1.29, 1.82) is 0 Å². The molecular formula is C5H11AsNO2. The molecule has 53 valence electrons. The molecule has 0 aliphatic heterocycles. The van der Waals surface area contributed by atoms with Gasteiger partial charge >= 0.3 is 0 Å². The van der Waals surface area contributed by atoms with Crippen molar-refractivity contribution in [3.63, 3.8) is 0 Å². The minimum atomic E-state index is -1.00. The number of nitrogens with zero attached hydrogens (tertiary/aromatic N) is 1. The van der Waals surface area contributed by atoms with Crippen LogP contribution in [0.5, 0.6) is 0 Å². The zero-order valence-electron chi connectivity index (χ0n) is 5.92. The van der Waals surface area contributed by atoms with Gasteiger partial charge in [0.15, 0.2) is 0 Å². The first kappa shape index (κ1) is 11.7. The third-order valence-electron chi connectivity index (χ3n) is 0.603. The van der Waals surface area contributed by atoms with Crippen LogP contribution in [0.3, 0.4) is 0 Å². The van der Waals surface area contributed by atoms with Gasteiger partial charge in [-0.25, -0.2) is 0 Å². The second-order valence-corrected chi connectivity index (χ2v) is 2.82. The number of carbonyl (C=O) groups is 1. The van der Waals surface area contributed by atoms with Gasteiger partial charge in [0.25, 0.3) is 0 Å². The SMILES string of the molecule is C[N+](C)(C)CC(=O)[O-].[As]. The molecule has 0 fully saturated rings. The predicted molar refractivity (Wildman–Crippen MR) is 33.7 cm³/mol. The van der Waals surface area contributed by atoms with Crippen LogP contribution in [0.25, 0.3) is 0 Å². The van der Waals surface area contributed by atoms with Gasteiger partial charge in [-0.1, -0.05) is 0 Å². The van der Waals surface area contributed by atoms with Gasteiger partial charge in [-0.15, -0.1) is 0 Å². The van der Waals surface area contributed by atoms with Crippen LogP contribution in [-0.2, 0) is 4.79 Å². The van der Waals surface area contributed by atoms with E-state index < -0.39 is 5.97 Å². The molecule has 0 N–H and O–H groups in total. The van der Waals surface area contributed by atoms with Gasteiger partial charge in [-0.05, 0) is 0 Å². The molecule has 0 aromatic carbocycles. The van der Waals surface area contributed by atoms with E-state index in [0.717, 1.165) is 0 Å². The summed E-state index contributed by atoms with van der Waals surface area (Å²) < 4.78 is 0.419. The Morgan fingerprint density at radius 1 is 1.44 bits per heavy atom. The Balaban J connectivity index is 0. The molecule has 0 aromatic heterocycles. The zero-order valence-corrected chi connectivity index (χ0v) is 7.79. The molecule has 0 aromatic rings. The van der Waals surface area contributed by atoms with E-state index in [1.165, 1.54) is 0 Å². The van der Waals surface area contributed by atoms with Gasteiger partial charge in [0.2, 0.25) is 0 Å². The topological polar surface area (TPSA) is 40.1 Å². The van der Waals surface area contributed by atoms with Crippen LogP contribution < -0.4 is 5.11 Å². The summed E-state index contributed by atoms with van der Waals surface area (Å²) in [5, 5.41) is 9.89. The fourth-order valence-electron chi connectivity index (χ4n) is 0.387. The Hall–Kier alpha value is -0.0116. The number of carboxylic acid groups (broad SMARTS) is 1. The molecule has 0 atom stereocenters. The van der Waals surface area contributed by atoms with E-state index in [1.54, 1.807) is 21.1 Å². The van der Waals surface area contributed by atoms with Crippen LogP contribution >= 0.6 is 0 Å². The van der Waals surface area contributed by atoms with E-state index >= 15 is 0 Å². The van der Waals surface area contributed by atoms with Gasteiger partial charge in [0.1, 0.15) is 6.54 Å². The first-order valence-electron chi connectivity index (χ1n) is 2.42. The Bertz CT molecular complexity index is 97.6. The summed E-state index contributed by atoms with van der Waals surface area (Å²) in [5.41, 5.74) is 0. The van der Waals surface area contributed by atoms with Crippen molar-refractivity contribution >= 4 is 23.9 Å². The van der Waals surface area contributed by atoms with Gasteiger partial charge in [0, 0.05) is 18.0 Å². The van der Waals surface area contributed by atoms with Crippen LogP contribution in [-0.4, -0.2) is 56.1 Å². The standard InChI is InChI=1S/C5H11NO2.As/c1-6(2,3)4-5(7)8;/h4H2,1-3H3;. The maximum atomic E-state index is 9.89. The number of rotatable bonds is 2. The number of carbonyl (C=O) groups excluding carboxylic acids is 1. The number of aliphatic carboxylic acids is 1. The van der Waals surface area contributed by atoms with Gasteiger partial charge in [0.05, 0.1) is 27.1 Å². The molecule has 0 aliphatic rings. The van der Waals surface area contributed by atoms with Gasteiger partial charge in [-0.2, -0.15) is 0 Å². The molecule has 0 unspecified atom stereocenters. The number of hydrogen-bond acceptors (Lipinski definition) is 2. The summed E-state index contributed by atoms with van der Waals surface area (Å²) >= 11 is 0. The van der Waals surface area contributed by atoms with Crippen LogP contribution in [0.2, 0.25) is 0 Å². The quantitative estimate of drug-likeness (QED) is 0.377. The summed E-state index contributed by atoms with van der Waals surface area (Å²) in [4.78, 5) is 9.89. The van der Waals surface area contributed by atoms with Crippen molar-refractivity contribution in [2.45, 2.75) is 0 Å². The number of carboxylic acids is 1. The molecule has 0 amide bonds. The Labute approximate surface area is 66.6 Å². The van der Waals surface area contributed by atoms with E-state index in [9.17, 15) is 9.90 Å². The smallest absolute Gasteiger partial charge is 0.118 e. The third-order valence-corrected chi connectivity index (χ3v) is 0.603. The minimum Gasteiger partial charge on any atom is -0.544 e. The Morgan fingerprint density at radius 2 is 1.78 bits per heavy atom. The van der Waals surface area contributed by atoms with Crippen LogP contribution in [0.4, 0.5) is 0 Å². The van der Waals surface area contributed by atoms with Crippen molar-refractivity contribution < 1.29 is 14.4 Å². The molecule has 0 spiro atoms. The molecule has 0 bridgehead atoms. The molecule has 0 saturated heterocycles. The van der Waals surface area contributed by atoms with E-state index in [4.69, 9.17) is 0 Å². The van der Waals surface area contributed by atoms with Crippen molar-refractivity contribution in [1.82, 2.24) is 0 Å². The summed E-state index contributed by atoms with van der Waals surface area (Å²) in [6.45, 7) is 0.0694. The Kier molecular flexibility index (Phi) is 5.10. The normalized spacial score (nSPS) is 10.1. The van der Waals surface area contributed by atoms with Gasteiger partial charge in [-0.3, -0.25) is 0 Å². The molecule has 0 aliphatic carbocycles. The van der Waals surface area contributed by atoms with Crippen molar-refractivity contribution in [2.24, 2.45) is 0 Å². The second-order valence-electron chi connectivity index (χ2n) is 2.82. The van der Waals surface area contributed by atoms with E-state index in [0.29, 0.717) is 4.48 Å². The number of likely N-dealkylation sites (N-methyl/N-ethyl adjacent to an activating group) is 1. The molecule has 3 radical (unpaired) electrons. The molecule has 3 nitrogen and oxygen atoms in total. The van der Waals surface area contributed by atoms with Crippen molar-refractivity contribution in [2.75, 3.05) is 27.7 Å². The fourth-order valence-corrected chi connectivity index (χ4v) is 0.387. The largest absolute Gasteiger partial charge is 0.544 e. The second kappa shape index (κ2) is 3.91. The van der Waals surface area contributed by atoms with Crippen molar-refractivity contribution in [3.8, 4) is 0 Å². The Morgan fingerprint density at radius 3 is 1.78 bits per heavy atom. The maximum absolute atomic E-state index is 9.89. The third kappa shape index (κ3) is 11.5. The maximum Gasteiger partial charge on any atom is 0.118 e. The summed E-state index contributed by atoms with van der Waals surface area (Å²) in [6, 6.07) is 0. The molecule has 0 heterocycles. The van der Waals surface area contributed by atoms with Crippen LogP contribution in [0.15, 0.2) is 0 Å². The zero-order chi connectivity index (χ0) is 6.78. The molecule has 9 heavy (non-hydrogen) atoms. The van der Waals surface area contributed by atoms with Crippen molar-refractivity contribution in [3.05, 3.63) is 0 Å². The molecule has 0 rings (SSSR count). The number of quaternary nitrogens is 1. The van der Waals surface area contributed by atoms with E-state index in [1.807, 2.05) is 0 Å². The first-order chi connectivity index (χ1) is 3.42. The van der Waals surface area contributed by atoms with E-state index in [2.05, 4.69) is 0 Å². The average Bonchev–Trinajstić information content (AvgIpc) is 1.21. The van der Waals surface area contributed by atoms with Crippen LogP contribution in [0, 0.1) is 0 Å². The summed E-state index contributed by atoms with van der Waals surface area (Å²) in [7, 11) is 5.40. The summed E-state index contributed by atoms with van der Waals surface area (Å²) in [6.07, 6.45) is 0. The molecular weight excluding hydrogens is 181 g/mol. The first-order valence-corrected chi connectivity index (χ1v) is 2.42. The fraction of sp³-hybridized carbons (Fsp3) is 0.800. The van der Waals surface area contributed by atoms with E-state index in [-0.39, 0.29) is 24.5 Å². The number of hydrogen-bond donors (Lipinski definition) is 0.